The Hall–Kier alpha value is -6.88. The Morgan fingerprint density at radius 2 is 1.10 bits per heavy atom. The number of para-hydroxylation sites is 2. The van der Waals surface area contributed by atoms with Crippen molar-refractivity contribution in [2.75, 3.05) is 5.32 Å². The molecule has 0 spiro atoms. The van der Waals surface area contributed by atoms with Gasteiger partial charge in [0.2, 0.25) is 0 Å². The van der Waals surface area contributed by atoms with Crippen molar-refractivity contribution in [2.24, 2.45) is 0 Å². The van der Waals surface area contributed by atoms with E-state index < -0.39 is 0 Å². The Balaban J connectivity index is 1.32. The third-order valence-electron chi connectivity index (χ3n) is 9.12. The van der Waals surface area contributed by atoms with Gasteiger partial charge >= 0.3 is 0 Å². The first kappa shape index (κ1) is 29.5. The second-order valence-corrected chi connectivity index (χ2v) is 12.2. The van der Waals surface area contributed by atoms with E-state index in [0.29, 0.717) is 11.1 Å². The maximum atomic E-state index is 10.2. The van der Waals surface area contributed by atoms with Crippen molar-refractivity contribution in [1.82, 2.24) is 4.57 Å². The van der Waals surface area contributed by atoms with Crippen molar-refractivity contribution in [2.45, 2.75) is 6.92 Å². The lowest BCUT2D eigenvalue weighted by atomic mass is 9.95. The highest BCUT2D eigenvalue weighted by Gasteiger charge is 2.16. The molecule has 0 aliphatic rings. The molecule has 1 heterocycles. The summed E-state index contributed by atoms with van der Waals surface area (Å²) in [5.74, 6) is 0. The van der Waals surface area contributed by atoms with Crippen LogP contribution in [0.5, 0.6) is 0 Å². The van der Waals surface area contributed by atoms with Crippen molar-refractivity contribution in [1.29, 1.82) is 10.5 Å². The summed E-state index contributed by atoms with van der Waals surface area (Å²) >= 11 is 0. The summed E-state index contributed by atoms with van der Waals surface area (Å²) in [7, 11) is 0. The molecule has 4 nitrogen and oxygen atoms in total. The largest absolute Gasteiger partial charge is 0.355 e. The summed E-state index contributed by atoms with van der Waals surface area (Å²) < 4.78 is 2.25. The summed E-state index contributed by atoms with van der Waals surface area (Å²) in [4.78, 5) is 0. The minimum Gasteiger partial charge on any atom is -0.355 e. The second kappa shape index (κ2) is 12.4. The number of aryl methyl sites for hydroxylation is 1. The molecule has 7 aromatic carbocycles. The molecule has 8 rings (SSSR count). The van der Waals surface area contributed by atoms with Crippen LogP contribution in [0.3, 0.4) is 0 Å². The Bertz CT molecular complexity index is 2560. The van der Waals surface area contributed by atoms with E-state index in [1.54, 1.807) is 0 Å². The van der Waals surface area contributed by atoms with E-state index in [2.05, 4.69) is 126 Å². The molecule has 0 fully saturated rings. The van der Waals surface area contributed by atoms with E-state index in [1.807, 2.05) is 60.7 Å². The molecule has 0 radical (unpaired) electrons. The van der Waals surface area contributed by atoms with Crippen LogP contribution in [0.1, 0.15) is 16.7 Å². The zero-order chi connectivity index (χ0) is 33.3. The van der Waals surface area contributed by atoms with Gasteiger partial charge in [-0.2, -0.15) is 10.5 Å². The van der Waals surface area contributed by atoms with Crippen LogP contribution < -0.4 is 5.32 Å². The van der Waals surface area contributed by atoms with E-state index in [-0.39, 0.29) is 0 Å². The van der Waals surface area contributed by atoms with Crippen LogP contribution >= 0.6 is 0 Å². The molecule has 8 aromatic rings. The molecule has 0 aliphatic heterocycles. The molecule has 0 saturated heterocycles. The lowest BCUT2D eigenvalue weighted by molar-refractivity contribution is 1.18. The van der Waals surface area contributed by atoms with Crippen LogP contribution in [0.4, 0.5) is 11.4 Å². The number of nitriles is 2. The Morgan fingerprint density at radius 1 is 0.490 bits per heavy atom. The quantitative estimate of drug-likeness (QED) is 0.200. The average Bonchev–Trinajstić information content (AvgIpc) is 3.50. The summed E-state index contributed by atoms with van der Waals surface area (Å²) in [5, 5.41) is 26.0. The number of rotatable bonds is 6. The monoisotopic (exact) mass is 626 g/mol. The van der Waals surface area contributed by atoms with Gasteiger partial charge in [-0.25, -0.2) is 0 Å². The smallest absolute Gasteiger partial charge is 0.0992 e. The molecular weight excluding hydrogens is 597 g/mol. The van der Waals surface area contributed by atoms with Gasteiger partial charge in [-0.3, -0.25) is 0 Å². The van der Waals surface area contributed by atoms with E-state index in [4.69, 9.17) is 0 Å². The lowest BCUT2D eigenvalue weighted by Gasteiger charge is -2.17. The van der Waals surface area contributed by atoms with Crippen LogP contribution in [-0.4, -0.2) is 4.57 Å². The summed E-state index contributed by atoms with van der Waals surface area (Å²) in [6, 6.07) is 58.5. The maximum Gasteiger partial charge on any atom is 0.0992 e. The van der Waals surface area contributed by atoms with E-state index in [1.165, 1.54) is 10.8 Å². The van der Waals surface area contributed by atoms with Gasteiger partial charge in [-0.05, 0) is 107 Å². The molecule has 0 atom stereocenters. The standard InChI is InChI=1S/C45H30N4/c1-30-11-5-6-14-39(30)42-23-31(28-46)19-20-43(42)48-37-25-35(33-12-3-2-4-13-33)24-36(26-37)34-21-32(29-47)22-38(27-34)49-44-17-9-7-15-40(44)41-16-8-10-18-45(41)49/h2-27,48H,1H3. The number of anilines is 2. The average molecular weight is 627 g/mol. The SMILES string of the molecule is Cc1ccccc1-c1cc(C#N)ccc1Nc1cc(-c2ccccc2)cc(-c2cc(C#N)cc(-n3c4ccccc4c4ccccc43)c2)c1. The fourth-order valence-electron chi connectivity index (χ4n) is 6.81. The number of hydrogen-bond acceptors (Lipinski definition) is 3. The normalized spacial score (nSPS) is 10.9. The van der Waals surface area contributed by atoms with Gasteiger partial charge in [0, 0.05) is 33.4 Å². The van der Waals surface area contributed by atoms with Crippen molar-refractivity contribution < 1.29 is 0 Å². The van der Waals surface area contributed by atoms with Crippen molar-refractivity contribution in [3.05, 3.63) is 174 Å². The molecule has 49 heavy (non-hydrogen) atoms. The topological polar surface area (TPSA) is 64.5 Å². The highest BCUT2D eigenvalue weighted by Crippen LogP contribution is 2.38. The predicted molar refractivity (Wildman–Crippen MR) is 201 cm³/mol. The van der Waals surface area contributed by atoms with Crippen molar-refractivity contribution in [3.8, 4) is 51.2 Å². The number of benzene rings is 7. The Morgan fingerprint density at radius 3 is 1.80 bits per heavy atom. The van der Waals surface area contributed by atoms with Gasteiger partial charge in [-0.1, -0.05) is 91.0 Å². The van der Waals surface area contributed by atoms with Gasteiger partial charge in [0.05, 0.1) is 34.3 Å². The van der Waals surface area contributed by atoms with Crippen LogP contribution in [0, 0.1) is 29.6 Å². The fraction of sp³-hybridized carbons (Fsp3) is 0.0222. The zero-order valence-corrected chi connectivity index (χ0v) is 26.9. The maximum absolute atomic E-state index is 10.2. The zero-order valence-electron chi connectivity index (χ0n) is 26.9. The van der Waals surface area contributed by atoms with Crippen LogP contribution in [0.25, 0.3) is 60.9 Å². The molecule has 0 bridgehead atoms. The molecule has 0 unspecified atom stereocenters. The van der Waals surface area contributed by atoms with Gasteiger partial charge in [0.25, 0.3) is 0 Å². The van der Waals surface area contributed by atoms with Crippen molar-refractivity contribution in [3.63, 3.8) is 0 Å². The molecule has 1 aromatic heterocycles. The Kier molecular flexibility index (Phi) is 7.46. The minimum absolute atomic E-state index is 0.586. The molecule has 1 N–H and O–H groups in total. The number of nitrogens with zero attached hydrogens (tertiary/aromatic N) is 3. The Labute approximate surface area is 285 Å². The number of aromatic nitrogens is 1. The highest BCUT2D eigenvalue weighted by molar-refractivity contribution is 6.09. The highest BCUT2D eigenvalue weighted by atomic mass is 15.0. The first-order valence-corrected chi connectivity index (χ1v) is 16.2. The van der Waals surface area contributed by atoms with Crippen LogP contribution in [0.2, 0.25) is 0 Å². The third kappa shape index (κ3) is 5.48. The third-order valence-corrected chi connectivity index (χ3v) is 9.12. The number of nitrogens with one attached hydrogen (secondary N) is 1. The van der Waals surface area contributed by atoms with Gasteiger partial charge < -0.3 is 9.88 Å². The van der Waals surface area contributed by atoms with Gasteiger partial charge in [-0.15, -0.1) is 0 Å². The first-order valence-electron chi connectivity index (χ1n) is 16.2. The van der Waals surface area contributed by atoms with E-state index >= 15 is 0 Å². The number of fused-ring (bicyclic) bond motifs is 3. The predicted octanol–water partition coefficient (Wildman–Crippen LogP) is 11.6. The van der Waals surface area contributed by atoms with Crippen molar-refractivity contribution >= 4 is 33.2 Å². The minimum atomic E-state index is 0.586. The van der Waals surface area contributed by atoms with Gasteiger partial charge in [0.1, 0.15) is 0 Å². The molecule has 230 valence electrons. The van der Waals surface area contributed by atoms with Gasteiger partial charge in [0.15, 0.2) is 0 Å². The second-order valence-electron chi connectivity index (χ2n) is 12.2. The first-order chi connectivity index (χ1) is 24.1. The molecule has 0 aliphatic carbocycles. The summed E-state index contributed by atoms with van der Waals surface area (Å²) in [6.07, 6.45) is 0. The van der Waals surface area contributed by atoms with Crippen LogP contribution in [0.15, 0.2) is 158 Å². The molecule has 4 heteroatoms. The van der Waals surface area contributed by atoms with E-state index in [0.717, 1.165) is 67.0 Å². The molecular formula is C45H30N4. The summed E-state index contributed by atoms with van der Waals surface area (Å²) in [6.45, 7) is 2.09. The van der Waals surface area contributed by atoms with Crippen LogP contribution in [-0.2, 0) is 0 Å². The lowest BCUT2D eigenvalue weighted by Crippen LogP contribution is -1.98. The fourth-order valence-corrected chi connectivity index (χ4v) is 6.81. The summed E-state index contributed by atoms with van der Waals surface area (Å²) in [5.41, 5.74) is 13.3. The number of hydrogen-bond donors (Lipinski definition) is 1. The molecule has 0 saturated carbocycles. The van der Waals surface area contributed by atoms with E-state index in [9.17, 15) is 10.5 Å². The molecule has 0 amide bonds.